The number of fused-ring (bicyclic) bond motifs is 4. The monoisotopic (exact) mass is 629 g/mol. The second kappa shape index (κ2) is 11.1. The lowest BCUT2D eigenvalue weighted by molar-refractivity contribution is 0.431. The third-order valence-electron chi connectivity index (χ3n) is 8.83. The number of ether oxygens (including phenoxy) is 1. The van der Waals surface area contributed by atoms with Crippen LogP contribution in [-0.4, -0.2) is 21.4 Å². The summed E-state index contributed by atoms with van der Waals surface area (Å²) >= 11 is 0. The molecule has 0 bridgehead atoms. The zero-order chi connectivity index (χ0) is 32.2. The summed E-state index contributed by atoms with van der Waals surface area (Å²) in [5.74, 6) is 2.48. The largest absolute Gasteiger partial charge is 0.457 e. The lowest BCUT2D eigenvalue weighted by Crippen LogP contribution is -2.24. The van der Waals surface area contributed by atoms with E-state index < -0.39 is 0 Å². The van der Waals surface area contributed by atoms with E-state index in [1.807, 2.05) is 83.9 Å². The second-order valence-corrected chi connectivity index (χ2v) is 11.9. The standard InChI is InChI=1S/C40H28FN5O2/c1-26-16-18-42-40(20-26)46-34-10-4-2-8-31(34)32-15-14-29(24-38(32)46)47-30-22-27(39-17-19-43-48-39)21-28(23-30)44-25-45(35-11-5-3-9-33(35)41)37-13-7-6-12-36(37)44/h2-24H,25H2,1H3. The van der Waals surface area contributed by atoms with Crippen molar-refractivity contribution in [3.8, 4) is 28.6 Å². The molecule has 0 amide bonds. The predicted octanol–water partition coefficient (Wildman–Crippen LogP) is 10.3. The van der Waals surface area contributed by atoms with Crippen LogP contribution in [0.3, 0.4) is 0 Å². The molecule has 0 atom stereocenters. The molecule has 0 unspecified atom stereocenters. The fourth-order valence-electron chi connectivity index (χ4n) is 6.66. The number of anilines is 4. The summed E-state index contributed by atoms with van der Waals surface area (Å²) in [5.41, 5.74) is 7.26. The van der Waals surface area contributed by atoms with Crippen molar-refractivity contribution in [3.05, 3.63) is 151 Å². The quantitative estimate of drug-likeness (QED) is 0.182. The zero-order valence-electron chi connectivity index (χ0n) is 25.9. The Bertz CT molecular complexity index is 2470. The molecular formula is C40H28FN5O2. The summed E-state index contributed by atoms with van der Waals surface area (Å²) in [7, 11) is 0. The molecule has 48 heavy (non-hydrogen) atoms. The number of hydrogen-bond acceptors (Lipinski definition) is 6. The Morgan fingerprint density at radius 2 is 1.44 bits per heavy atom. The molecule has 0 spiro atoms. The molecule has 0 radical (unpaired) electrons. The summed E-state index contributed by atoms with van der Waals surface area (Å²) in [6.07, 6.45) is 3.46. The Morgan fingerprint density at radius 3 is 2.25 bits per heavy atom. The third-order valence-corrected chi connectivity index (χ3v) is 8.83. The molecule has 0 N–H and O–H groups in total. The van der Waals surface area contributed by atoms with Crippen LogP contribution in [0.5, 0.6) is 11.5 Å². The van der Waals surface area contributed by atoms with Crippen molar-refractivity contribution in [1.82, 2.24) is 14.7 Å². The van der Waals surface area contributed by atoms with Gasteiger partial charge in [0.25, 0.3) is 0 Å². The van der Waals surface area contributed by atoms with Crippen LogP contribution in [0.25, 0.3) is 38.9 Å². The van der Waals surface area contributed by atoms with Gasteiger partial charge in [-0.15, -0.1) is 0 Å². The Morgan fingerprint density at radius 1 is 0.667 bits per heavy atom. The van der Waals surface area contributed by atoms with Crippen LogP contribution < -0.4 is 14.5 Å². The number of hydrogen-bond donors (Lipinski definition) is 0. The van der Waals surface area contributed by atoms with Gasteiger partial charge in [-0.2, -0.15) is 0 Å². The van der Waals surface area contributed by atoms with Crippen molar-refractivity contribution >= 4 is 44.6 Å². The van der Waals surface area contributed by atoms with Gasteiger partial charge in [-0.25, -0.2) is 9.37 Å². The Balaban J connectivity index is 1.16. The average Bonchev–Trinajstić information content (AvgIpc) is 3.85. The number of benzene rings is 5. The van der Waals surface area contributed by atoms with Crippen molar-refractivity contribution in [2.24, 2.45) is 0 Å². The molecule has 1 aliphatic heterocycles. The van der Waals surface area contributed by atoms with Gasteiger partial charge in [0, 0.05) is 46.4 Å². The SMILES string of the molecule is Cc1ccnc(-n2c3ccccc3c3ccc(Oc4cc(-c5ccno5)cc(N5CN(c6ccccc6F)c6ccccc65)c4)cc32)c1. The molecule has 0 aliphatic carbocycles. The zero-order valence-corrected chi connectivity index (χ0v) is 25.9. The molecule has 4 heterocycles. The highest BCUT2D eigenvalue weighted by Gasteiger charge is 2.30. The van der Waals surface area contributed by atoms with Crippen molar-refractivity contribution < 1.29 is 13.7 Å². The Hall–Kier alpha value is -6.41. The van der Waals surface area contributed by atoms with E-state index in [2.05, 4.69) is 57.9 Å². The minimum Gasteiger partial charge on any atom is -0.457 e. The van der Waals surface area contributed by atoms with Crippen LogP contribution in [-0.2, 0) is 0 Å². The summed E-state index contributed by atoms with van der Waals surface area (Å²) in [5, 5.41) is 6.20. The minimum absolute atomic E-state index is 0.276. The lowest BCUT2D eigenvalue weighted by atomic mass is 10.1. The fourth-order valence-corrected chi connectivity index (χ4v) is 6.66. The van der Waals surface area contributed by atoms with Gasteiger partial charge in [0.15, 0.2) is 5.76 Å². The lowest BCUT2D eigenvalue weighted by Gasteiger charge is -2.23. The van der Waals surface area contributed by atoms with E-state index in [0.29, 0.717) is 29.6 Å². The van der Waals surface area contributed by atoms with E-state index >= 15 is 4.39 Å². The topological polar surface area (TPSA) is 59.6 Å². The van der Waals surface area contributed by atoms with E-state index in [-0.39, 0.29) is 5.82 Å². The van der Waals surface area contributed by atoms with Crippen LogP contribution in [0, 0.1) is 12.7 Å². The molecule has 8 aromatic rings. The highest BCUT2D eigenvalue weighted by Crippen LogP contribution is 2.46. The van der Waals surface area contributed by atoms with Crippen LogP contribution >= 0.6 is 0 Å². The van der Waals surface area contributed by atoms with Gasteiger partial charge in [0.05, 0.1) is 34.3 Å². The molecule has 0 saturated heterocycles. The molecule has 0 fully saturated rings. The molecule has 8 heteroatoms. The van der Waals surface area contributed by atoms with Gasteiger partial charge in [-0.05, 0) is 79.2 Å². The summed E-state index contributed by atoms with van der Waals surface area (Å²) in [6.45, 7) is 2.48. The first-order chi connectivity index (χ1) is 23.6. The Kier molecular flexibility index (Phi) is 6.46. The van der Waals surface area contributed by atoms with Gasteiger partial charge in [-0.3, -0.25) is 4.57 Å². The number of aryl methyl sites for hydroxylation is 1. The van der Waals surface area contributed by atoms with Crippen LogP contribution in [0.2, 0.25) is 0 Å². The number of aromatic nitrogens is 3. The number of nitrogens with zero attached hydrogens (tertiary/aromatic N) is 5. The summed E-state index contributed by atoms with van der Waals surface area (Å²) in [4.78, 5) is 8.85. The first-order valence-electron chi connectivity index (χ1n) is 15.7. The molecule has 7 nitrogen and oxygen atoms in total. The van der Waals surface area contributed by atoms with E-state index in [9.17, 15) is 0 Å². The Labute approximate surface area is 275 Å². The van der Waals surface area contributed by atoms with Gasteiger partial charge in [0.2, 0.25) is 0 Å². The van der Waals surface area contributed by atoms with E-state index in [1.54, 1.807) is 18.3 Å². The molecule has 1 aliphatic rings. The van der Waals surface area contributed by atoms with Crippen LogP contribution in [0.4, 0.5) is 27.1 Å². The van der Waals surface area contributed by atoms with E-state index in [1.165, 1.54) is 6.07 Å². The highest BCUT2D eigenvalue weighted by atomic mass is 19.1. The maximum absolute atomic E-state index is 15.1. The first kappa shape index (κ1) is 27.9. The maximum Gasteiger partial charge on any atom is 0.167 e. The maximum atomic E-state index is 15.1. The fraction of sp³-hybridized carbons (Fsp3) is 0.0500. The van der Waals surface area contributed by atoms with Crippen molar-refractivity contribution in [1.29, 1.82) is 0 Å². The van der Waals surface area contributed by atoms with Crippen LogP contribution in [0.1, 0.15) is 5.56 Å². The molecule has 3 aromatic heterocycles. The van der Waals surface area contributed by atoms with Gasteiger partial charge < -0.3 is 19.1 Å². The molecular weight excluding hydrogens is 601 g/mol. The second-order valence-electron chi connectivity index (χ2n) is 11.9. The predicted molar refractivity (Wildman–Crippen MR) is 187 cm³/mol. The van der Waals surface area contributed by atoms with Crippen LogP contribution in [0.15, 0.2) is 144 Å². The number of para-hydroxylation sites is 4. The van der Waals surface area contributed by atoms with E-state index in [0.717, 1.165) is 55.8 Å². The minimum atomic E-state index is -0.276. The number of rotatable bonds is 6. The van der Waals surface area contributed by atoms with Crippen molar-refractivity contribution in [3.63, 3.8) is 0 Å². The smallest absolute Gasteiger partial charge is 0.167 e. The third kappa shape index (κ3) is 4.65. The molecule has 9 rings (SSSR count). The molecule has 232 valence electrons. The molecule has 0 saturated carbocycles. The first-order valence-corrected chi connectivity index (χ1v) is 15.7. The normalized spacial score (nSPS) is 12.6. The average molecular weight is 630 g/mol. The van der Waals surface area contributed by atoms with Gasteiger partial charge >= 0.3 is 0 Å². The van der Waals surface area contributed by atoms with Crippen molar-refractivity contribution in [2.45, 2.75) is 6.92 Å². The number of pyridine rings is 1. The van der Waals surface area contributed by atoms with Gasteiger partial charge in [-0.1, -0.05) is 47.6 Å². The summed E-state index contributed by atoms with van der Waals surface area (Å²) < 4.78 is 29.5. The molecule has 5 aromatic carbocycles. The highest BCUT2D eigenvalue weighted by molar-refractivity contribution is 6.09. The number of halogens is 1. The van der Waals surface area contributed by atoms with Gasteiger partial charge in [0.1, 0.15) is 29.8 Å². The summed E-state index contributed by atoms with van der Waals surface area (Å²) in [6, 6.07) is 41.3. The van der Waals surface area contributed by atoms with E-state index in [4.69, 9.17) is 14.2 Å². The van der Waals surface area contributed by atoms with Crippen molar-refractivity contribution in [2.75, 3.05) is 16.5 Å².